The third-order valence-electron chi connectivity index (χ3n) is 16.1. The van der Waals surface area contributed by atoms with Gasteiger partial charge in [0.15, 0.2) is 0 Å². The van der Waals surface area contributed by atoms with Gasteiger partial charge in [-0.15, -0.1) is 0 Å². The molecule has 0 fully saturated rings. The minimum atomic E-state index is -0.365. The zero-order valence-electron chi connectivity index (χ0n) is 41.0. The van der Waals surface area contributed by atoms with Gasteiger partial charge in [0.25, 0.3) is 0 Å². The van der Waals surface area contributed by atoms with Crippen molar-refractivity contribution in [1.29, 1.82) is 0 Å². The normalized spacial score (nSPS) is 13.8. The second-order valence-corrected chi connectivity index (χ2v) is 20.9. The first-order valence-corrected chi connectivity index (χ1v) is 25.3. The van der Waals surface area contributed by atoms with Crippen molar-refractivity contribution in [2.24, 2.45) is 0 Å². The molecule has 1 aliphatic carbocycles. The number of para-hydroxylation sites is 2. The van der Waals surface area contributed by atoms with Gasteiger partial charge in [-0.25, -0.2) is 0 Å². The molecule has 0 saturated heterocycles. The Morgan fingerprint density at radius 2 is 0.514 bits per heavy atom. The molecule has 0 N–H and O–H groups in total. The summed E-state index contributed by atoms with van der Waals surface area (Å²) in [6, 6.07) is 90.7. The van der Waals surface area contributed by atoms with Gasteiger partial charge in [0.05, 0.1) is 11.4 Å². The SMILES string of the molecule is CC1(C)c2cc3c(N(c4ccccc4)c4ccc5ccccc5c4)c4ccccc4c(N(c4ccccc4)c4ccc5ccccc5c4)c3cc2C(C)(C)c2cc3c4ccccc4c4ccccc4c3cc21. The monoisotopic (exact) mass is 920 g/mol. The molecule has 2 nitrogen and oxygen atoms in total. The Morgan fingerprint density at radius 1 is 0.222 bits per heavy atom. The lowest BCUT2D eigenvalue weighted by Crippen LogP contribution is -2.36. The lowest BCUT2D eigenvalue weighted by atomic mass is 9.59. The second-order valence-electron chi connectivity index (χ2n) is 20.9. The quantitative estimate of drug-likeness (QED) is 0.0931. The molecule has 0 amide bonds. The summed E-state index contributed by atoms with van der Waals surface area (Å²) in [5.41, 5.74) is 11.5. The average Bonchev–Trinajstić information content (AvgIpc) is 3.43. The maximum absolute atomic E-state index is 2.60. The molecule has 0 aliphatic heterocycles. The lowest BCUT2D eigenvalue weighted by Gasteiger charge is -2.45. The van der Waals surface area contributed by atoms with E-state index in [0.29, 0.717) is 0 Å². The summed E-state index contributed by atoms with van der Waals surface area (Å²) < 4.78 is 0. The molecule has 0 heterocycles. The van der Waals surface area contributed by atoms with Crippen LogP contribution in [0, 0.1) is 0 Å². The standard InChI is InChI=1S/C70H52N2/c1-69(2)63-41-59-55-31-17-15-29-53(55)54-30-16-18-32-56(54)60(59)42-64(63)70(3,4)66-44-62-61(43-65(66)69)67(71(49-25-7-5-8-26-49)51-37-35-45-21-11-13-23-47(45)39-51)57-33-19-20-34-58(57)68(62)72(50-27-9-6-10-28-50)52-38-36-46-22-12-14-24-48(46)40-52/h5-44H,1-4H3. The van der Waals surface area contributed by atoms with E-state index in [4.69, 9.17) is 0 Å². The van der Waals surface area contributed by atoms with Gasteiger partial charge in [0, 0.05) is 55.1 Å². The van der Waals surface area contributed by atoms with Crippen molar-refractivity contribution in [3.8, 4) is 0 Å². The fourth-order valence-electron chi connectivity index (χ4n) is 12.6. The fourth-order valence-corrected chi connectivity index (χ4v) is 12.6. The molecule has 2 heteroatoms. The van der Waals surface area contributed by atoms with Crippen LogP contribution in [0.2, 0.25) is 0 Å². The maximum atomic E-state index is 2.60. The Bertz CT molecular complexity index is 4060. The number of hydrogen-bond acceptors (Lipinski definition) is 2. The van der Waals surface area contributed by atoms with Crippen molar-refractivity contribution < 1.29 is 0 Å². The molecule has 0 aromatic heterocycles. The first-order chi connectivity index (χ1) is 35.2. The Hall–Kier alpha value is -8.72. The van der Waals surface area contributed by atoms with Gasteiger partial charge in [-0.3, -0.25) is 0 Å². The third kappa shape index (κ3) is 6.28. The molecular weight excluding hydrogens is 869 g/mol. The van der Waals surface area contributed by atoms with Crippen molar-refractivity contribution >= 4 is 110 Å². The first kappa shape index (κ1) is 42.2. The van der Waals surface area contributed by atoms with Crippen LogP contribution in [0.25, 0.3) is 75.4 Å². The molecule has 14 rings (SSSR count). The van der Waals surface area contributed by atoms with Crippen LogP contribution in [0.4, 0.5) is 34.1 Å². The summed E-state index contributed by atoms with van der Waals surface area (Å²) in [5, 5.41) is 17.4. The van der Waals surface area contributed by atoms with Crippen molar-refractivity contribution in [2.75, 3.05) is 9.80 Å². The Labute approximate surface area is 420 Å². The summed E-state index contributed by atoms with van der Waals surface area (Å²) in [6.45, 7) is 9.86. The van der Waals surface area contributed by atoms with Crippen molar-refractivity contribution in [2.45, 2.75) is 38.5 Å². The summed E-state index contributed by atoms with van der Waals surface area (Å²) in [5.74, 6) is 0. The maximum Gasteiger partial charge on any atom is 0.0620 e. The van der Waals surface area contributed by atoms with Crippen LogP contribution in [-0.2, 0) is 10.8 Å². The molecule has 0 bridgehead atoms. The topological polar surface area (TPSA) is 6.48 Å². The van der Waals surface area contributed by atoms with Crippen molar-refractivity contribution in [3.63, 3.8) is 0 Å². The molecule has 0 saturated carbocycles. The highest BCUT2D eigenvalue weighted by Crippen LogP contribution is 2.57. The fraction of sp³-hybridized carbons (Fsp3) is 0.0857. The zero-order valence-corrected chi connectivity index (χ0v) is 41.0. The number of hydrogen-bond donors (Lipinski definition) is 0. The number of fused-ring (bicyclic) bond motifs is 12. The minimum absolute atomic E-state index is 0.365. The minimum Gasteiger partial charge on any atom is -0.309 e. The Morgan fingerprint density at radius 3 is 0.889 bits per heavy atom. The predicted molar refractivity (Wildman–Crippen MR) is 309 cm³/mol. The highest BCUT2D eigenvalue weighted by atomic mass is 15.2. The van der Waals surface area contributed by atoms with Crippen LogP contribution >= 0.6 is 0 Å². The summed E-state index contributed by atoms with van der Waals surface area (Å²) >= 11 is 0. The van der Waals surface area contributed by atoms with Crippen LogP contribution in [-0.4, -0.2) is 0 Å². The summed E-state index contributed by atoms with van der Waals surface area (Å²) in [6.07, 6.45) is 0. The Kier molecular flexibility index (Phi) is 9.32. The van der Waals surface area contributed by atoms with Gasteiger partial charge in [0.1, 0.15) is 0 Å². The van der Waals surface area contributed by atoms with E-state index >= 15 is 0 Å². The first-order valence-electron chi connectivity index (χ1n) is 25.3. The van der Waals surface area contributed by atoms with Gasteiger partial charge < -0.3 is 9.80 Å². The summed E-state index contributed by atoms with van der Waals surface area (Å²) in [7, 11) is 0. The van der Waals surface area contributed by atoms with E-state index in [2.05, 4.69) is 280 Å². The molecule has 342 valence electrons. The lowest BCUT2D eigenvalue weighted by molar-refractivity contribution is 0.523. The third-order valence-corrected chi connectivity index (χ3v) is 16.1. The van der Waals surface area contributed by atoms with E-state index in [1.165, 1.54) is 97.7 Å². The van der Waals surface area contributed by atoms with E-state index in [9.17, 15) is 0 Å². The Balaban J connectivity index is 1.14. The van der Waals surface area contributed by atoms with Crippen LogP contribution < -0.4 is 9.80 Å². The smallest absolute Gasteiger partial charge is 0.0620 e. The highest BCUT2D eigenvalue weighted by molar-refractivity contribution is 6.26. The van der Waals surface area contributed by atoms with E-state index in [0.717, 1.165) is 34.1 Å². The van der Waals surface area contributed by atoms with E-state index < -0.39 is 0 Å². The number of rotatable bonds is 6. The van der Waals surface area contributed by atoms with Crippen LogP contribution in [0.3, 0.4) is 0 Å². The van der Waals surface area contributed by atoms with Gasteiger partial charge in [0.2, 0.25) is 0 Å². The number of anilines is 6. The molecule has 0 radical (unpaired) electrons. The van der Waals surface area contributed by atoms with E-state index in [1.807, 2.05) is 0 Å². The molecule has 1 aliphatic rings. The van der Waals surface area contributed by atoms with Gasteiger partial charge >= 0.3 is 0 Å². The molecule has 72 heavy (non-hydrogen) atoms. The van der Waals surface area contributed by atoms with E-state index in [-0.39, 0.29) is 10.8 Å². The second kappa shape index (κ2) is 15.9. The summed E-state index contributed by atoms with van der Waals surface area (Å²) in [4.78, 5) is 5.05. The average molecular weight is 921 g/mol. The molecular formula is C70H52N2. The van der Waals surface area contributed by atoms with Gasteiger partial charge in [-0.1, -0.05) is 198 Å². The van der Waals surface area contributed by atoms with Crippen LogP contribution in [0.1, 0.15) is 49.9 Å². The van der Waals surface area contributed by atoms with E-state index in [1.54, 1.807) is 0 Å². The molecule has 13 aromatic carbocycles. The molecule has 0 unspecified atom stereocenters. The molecule has 0 spiro atoms. The van der Waals surface area contributed by atoms with Crippen molar-refractivity contribution in [3.05, 3.63) is 265 Å². The van der Waals surface area contributed by atoms with Crippen molar-refractivity contribution in [1.82, 2.24) is 0 Å². The van der Waals surface area contributed by atoms with Gasteiger partial charge in [-0.2, -0.15) is 0 Å². The highest BCUT2D eigenvalue weighted by Gasteiger charge is 2.43. The molecule has 0 atom stereocenters. The number of nitrogens with zero attached hydrogens (tertiary/aromatic N) is 2. The number of benzene rings is 13. The molecule has 13 aromatic rings. The zero-order chi connectivity index (χ0) is 48.3. The largest absolute Gasteiger partial charge is 0.309 e. The van der Waals surface area contributed by atoms with Gasteiger partial charge in [-0.05, 0) is 149 Å². The van der Waals surface area contributed by atoms with Crippen LogP contribution in [0.5, 0.6) is 0 Å². The van der Waals surface area contributed by atoms with Crippen LogP contribution in [0.15, 0.2) is 243 Å². The predicted octanol–water partition coefficient (Wildman–Crippen LogP) is 19.7.